The van der Waals surface area contributed by atoms with Gasteiger partial charge in [0.25, 0.3) is 0 Å². The number of anilines is 1. The first-order valence-electron chi connectivity index (χ1n) is 8.44. The average Bonchev–Trinajstić information content (AvgIpc) is 3.08. The summed E-state index contributed by atoms with van der Waals surface area (Å²) in [6, 6.07) is 9.35. The standard InChI is InChI=1S/C18H25N5O2S.ClH/c1-11(2)14(19)15(25)20-10-13(24)21-17-23-22-16(26-17)18(3,4)12-8-6-5-7-9-12;/h5-9,11,14H,10,19H2,1-4H3,(H,20,25)(H,21,23,24);1H/t14-;/m0./s1. The number of halogens is 1. The maximum Gasteiger partial charge on any atom is 0.245 e. The summed E-state index contributed by atoms with van der Waals surface area (Å²) < 4.78 is 0. The van der Waals surface area contributed by atoms with Gasteiger partial charge in [0, 0.05) is 5.41 Å². The van der Waals surface area contributed by atoms with Crippen LogP contribution in [0.15, 0.2) is 30.3 Å². The van der Waals surface area contributed by atoms with E-state index in [0.29, 0.717) is 5.13 Å². The summed E-state index contributed by atoms with van der Waals surface area (Å²) >= 11 is 1.32. The summed E-state index contributed by atoms with van der Waals surface area (Å²) in [5, 5.41) is 14.6. The zero-order chi connectivity index (χ0) is 19.3. The molecular formula is C18H26ClN5O2S. The monoisotopic (exact) mass is 411 g/mol. The number of benzene rings is 1. The van der Waals surface area contributed by atoms with Crippen LogP contribution in [0.4, 0.5) is 5.13 Å². The van der Waals surface area contributed by atoms with Crippen molar-refractivity contribution in [2.75, 3.05) is 11.9 Å². The molecule has 0 spiro atoms. The second-order valence-electron chi connectivity index (χ2n) is 6.94. The largest absolute Gasteiger partial charge is 0.346 e. The zero-order valence-electron chi connectivity index (χ0n) is 15.9. The van der Waals surface area contributed by atoms with Gasteiger partial charge in [0.2, 0.25) is 16.9 Å². The third-order valence-corrected chi connectivity index (χ3v) is 5.31. The van der Waals surface area contributed by atoms with Crippen molar-refractivity contribution in [3.8, 4) is 0 Å². The molecule has 9 heteroatoms. The van der Waals surface area contributed by atoms with Gasteiger partial charge in [-0.2, -0.15) is 0 Å². The number of carbonyl (C=O) groups is 2. The summed E-state index contributed by atoms with van der Waals surface area (Å²) in [4.78, 5) is 23.8. The average molecular weight is 412 g/mol. The normalized spacial score (nSPS) is 12.2. The minimum absolute atomic E-state index is 0. The molecule has 0 aliphatic rings. The molecule has 1 heterocycles. The van der Waals surface area contributed by atoms with Crippen LogP contribution in [0.1, 0.15) is 38.3 Å². The van der Waals surface area contributed by atoms with Gasteiger partial charge in [-0.15, -0.1) is 22.6 Å². The molecule has 0 aliphatic carbocycles. The summed E-state index contributed by atoms with van der Waals surface area (Å²) in [6.07, 6.45) is 0. The molecule has 1 aromatic carbocycles. The molecule has 148 valence electrons. The molecule has 4 N–H and O–H groups in total. The molecule has 0 aliphatic heterocycles. The Hall–Kier alpha value is -2.03. The first-order chi connectivity index (χ1) is 12.2. The number of nitrogens with zero attached hydrogens (tertiary/aromatic N) is 2. The van der Waals surface area contributed by atoms with Gasteiger partial charge in [-0.3, -0.25) is 14.9 Å². The third-order valence-electron chi connectivity index (χ3n) is 4.15. The molecule has 7 nitrogen and oxygen atoms in total. The lowest BCUT2D eigenvalue weighted by Gasteiger charge is -2.21. The number of nitrogens with one attached hydrogen (secondary N) is 2. The fourth-order valence-corrected chi connectivity index (χ4v) is 3.14. The lowest BCUT2D eigenvalue weighted by atomic mass is 9.85. The Kier molecular flexibility index (Phi) is 8.33. The molecule has 2 amide bonds. The van der Waals surface area contributed by atoms with E-state index in [1.165, 1.54) is 11.3 Å². The Morgan fingerprint density at radius 1 is 1.19 bits per heavy atom. The predicted molar refractivity (Wildman–Crippen MR) is 110 cm³/mol. The molecule has 0 fully saturated rings. The van der Waals surface area contributed by atoms with E-state index in [2.05, 4.69) is 34.7 Å². The topological polar surface area (TPSA) is 110 Å². The molecule has 0 unspecified atom stereocenters. The van der Waals surface area contributed by atoms with Crippen molar-refractivity contribution in [2.45, 2.75) is 39.2 Å². The van der Waals surface area contributed by atoms with Crippen LogP contribution in [0.2, 0.25) is 0 Å². The zero-order valence-corrected chi connectivity index (χ0v) is 17.5. The fourth-order valence-electron chi connectivity index (χ4n) is 2.26. The van der Waals surface area contributed by atoms with Crippen molar-refractivity contribution in [3.05, 3.63) is 40.9 Å². The fraction of sp³-hybridized carbons (Fsp3) is 0.444. The van der Waals surface area contributed by atoms with Crippen molar-refractivity contribution in [3.63, 3.8) is 0 Å². The van der Waals surface area contributed by atoms with E-state index in [-0.39, 0.29) is 42.1 Å². The van der Waals surface area contributed by atoms with E-state index >= 15 is 0 Å². The lowest BCUT2D eigenvalue weighted by Crippen LogP contribution is -2.46. The summed E-state index contributed by atoms with van der Waals surface area (Å²) in [5.41, 5.74) is 6.54. The van der Waals surface area contributed by atoms with Crippen molar-refractivity contribution < 1.29 is 9.59 Å². The van der Waals surface area contributed by atoms with Crippen LogP contribution in [0, 0.1) is 5.92 Å². The highest BCUT2D eigenvalue weighted by Crippen LogP contribution is 2.34. The second-order valence-corrected chi connectivity index (χ2v) is 7.92. The number of hydrogen-bond acceptors (Lipinski definition) is 6. The number of hydrogen-bond donors (Lipinski definition) is 3. The first kappa shape index (κ1) is 23.0. The molecular weight excluding hydrogens is 386 g/mol. The maximum absolute atomic E-state index is 12.0. The molecule has 27 heavy (non-hydrogen) atoms. The Labute approximate surface area is 169 Å². The Morgan fingerprint density at radius 2 is 1.81 bits per heavy atom. The molecule has 0 saturated heterocycles. The van der Waals surface area contributed by atoms with E-state index in [0.717, 1.165) is 10.6 Å². The minimum atomic E-state index is -0.636. The van der Waals surface area contributed by atoms with E-state index in [1.807, 2.05) is 44.2 Å². The Bertz CT molecular complexity index is 764. The molecule has 0 radical (unpaired) electrons. The number of rotatable bonds is 7. The van der Waals surface area contributed by atoms with Crippen LogP contribution < -0.4 is 16.4 Å². The molecule has 1 atom stereocenters. The second kappa shape index (κ2) is 9.77. The van der Waals surface area contributed by atoms with E-state index in [4.69, 9.17) is 5.73 Å². The maximum atomic E-state index is 12.0. The lowest BCUT2D eigenvalue weighted by molar-refractivity contribution is -0.125. The molecule has 2 aromatic rings. The van der Waals surface area contributed by atoms with Gasteiger partial charge >= 0.3 is 0 Å². The predicted octanol–water partition coefficient (Wildman–Crippen LogP) is 2.32. The van der Waals surface area contributed by atoms with E-state index in [9.17, 15) is 9.59 Å². The summed E-state index contributed by atoms with van der Waals surface area (Å²) in [6.45, 7) is 7.66. The van der Waals surface area contributed by atoms with Gasteiger partial charge in [0.05, 0.1) is 12.6 Å². The number of aromatic nitrogens is 2. The SMILES string of the molecule is CC(C)[C@H](N)C(=O)NCC(=O)Nc1nnc(C(C)(C)c2ccccc2)s1.Cl. The van der Waals surface area contributed by atoms with Crippen molar-refractivity contribution >= 4 is 40.7 Å². The molecule has 1 aromatic heterocycles. The smallest absolute Gasteiger partial charge is 0.245 e. The van der Waals surface area contributed by atoms with Crippen molar-refractivity contribution in [1.82, 2.24) is 15.5 Å². The van der Waals surface area contributed by atoms with Crippen LogP contribution in [-0.2, 0) is 15.0 Å². The number of amides is 2. The van der Waals surface area contributed by atoms with E-state index in [1.54, 1.807) is 0 Å². The van der Waals surface area contributed by atoms with Gasteiger partial charge in [-0.25, -0.2) is 0 Å². The molecule has 0 bridgehead atoms. The van der Waals surface area contributed by atoms with Crippen LogP contribution in [0.25, 0.3) is 0 Å². The first-order valence-corrected chi connectivity index (χ1v) is 9.26. The van der Waals surface area contributed by atoms with Gasteiger partial charge in [-0.1, -0.05) is 55.5 Å². The van der Waals surface area contributed by atoms with Gasteiger partial charge < -0.3 is 11.1 Å². The third kappa shape index (κ3) is 5.98. The highest BCUT2D eigenvalue weighted by atomic mass is 35.5. The van der Waals surface area contributed by atoms with E-state index < -0.39 is 6.04 Å². The van der Waals surface area contributed by atoms with Gasteiger partial charge in [0.1, 0.15) is 5.01 Å². The van der Waals surface area contributed by atoms with Crippen molar-refractivity contribution in [2.24, 2.45) is 11.7 Å². The summed E-state index contributed by atoms with van der Waals surface area (Å²) in [7, 11) is 0. The van der Waals surface area contributed by atoms with Crippen LogP contribution >= 0.6 is 23.7 Å². The van der Waals surface area contributed by atoms with Crippen LogP contribution in [0.3, 0.4) is 0 Å². The molecule has 2 rings (SSSR count). The summed E-state index contributed by atoms with van der Waals surface area (Å²) in [5.74, 6) is -0.711. The Morgan fingerprint density at radius 3 is 2.41 bits per heavy atom. The quantitative estimate of drug-likeness (QED) is 0.647. The van der Waals surface area contributed by atoms with Crippen LogP contribution in [-0.4, -0.2) is 34.6 Å². The number of carbonyl (C=O) groups excluding carboxylic acids is 2. The molecule has 0 saturated carbocycles. The van der Waals surface area contributed by atoms with Gasteiger partial charge in [-0.05, 0) is 25.3 Å². The Balaban J connectivity index is 0.00000364. The minimum Gasteiger partial charge on any atom is -0.346 e. The number of nitrogens with two attached hydrogens (primary N) is 1. The highest BCUT2D eigenvalue weighted by Gasteiger charge is 2.27. The highest BCUT2D eigenvalue weighted by molar-refractivity contribution is 7.15. The van der Waals surface area contributed by atoms with Gasteiger partial charge in [0.15, 0.2) is 0 Å². The van der Waals surface area contributed by atoms with Crippen LogP contribution in [0.5, 0.6) is 0 Å². The van der Waals surface area contributed by atoms with Crippen molar-refractivity contribution in [1.29, 1.82) is 0 Å².